The molecule has 1 aromatic carbocycles. The van der Waals surface area contributed by atoms with Gasteiger partial charge in [-0.05, 0) is 42.2 Å². The number of benzene rings is 1. The van der Waals surface area contributed by atoms with Gasteiger partial charge in [0.25, 0.3) is 5.56 Å². The largest absolute Gasteiger partial charge is 0.497 e. The summed E-state index contributed by atoms with van der Waals surface area (Å²) >= 11 is 0. The van der Waals surface area contributed by atoms with Gasteiger partial charge in [-0.3, -0.25) is 14.4 Å². The highest BCUT2D eigenvalue weighted by molar-refractivity contribution is 6.31. The summed E-state index contributed by atoms with van der Waals surface area (Å²) in [5.41, 5.74) is 1.49. The first-order valence-electron chi connectivity index (χ1n) is 10.0. The second-order valence-electron chi connectivity index (χ2n) is 7.97. The summed E-state index contributed by atoms with van der Waals surface area (Å²) in [6, 6.07) is 10.5. The van der Waals surface area contributed by atoms with Gasteiger partial charge in [0, 0.05) is 31.2 Å². The Kier molecular flexibility index (Phi) is 5.50. The number of nitrogens with zero attached hydrogens (tertiary/aromatic N) is 2. The van der Waals surface area contributed by atoms with Gasteiger partial charge in [-0.1, -0.05) is 12.1 Å². The van der Waals surface area contributed by atoms with Gasteiger partial charge in [-0.15, -0.1) is 0 Å². The number of methoxy groups -OCH3 is 1. The molecule has 2 amide bonds. The molecule has 4 rings (SSSR count). The Balaban J connectivity index is 1.49. The zero-order valence-electron chi connectivity index (χ0n) is 17.0. The fourth-order valence-electron chi connectivity index (χ4n) is 4.47. The van der Waals surface area contributed by atoms with E-state index in [1.165, 1.54) is 4.90 Å². The highest BCUT2D eigenvalue weighted by Gasteiger charge is 2.38. The molecule has 3 heterocycles. The molecule has 2 aliphatic heterocycles. The maximum atomic E-state index is 13.0. The molecule has 2 N–H and O–H groups in total. The average molecular weight is 425 g/mol. The molecule has 9 nitrogen and oxygen atoms in total. The Hall–Kier alpha value is -3.62. The van der Waals surface area contributed by atoms with Gasteiger partial charge in [0.15, 0.2) is 0 Å². The van der Waals surface area contributed by atoms with Crippen molar-refractivity contribution in [2.24, 2.45) is 5.92 Å². The van der Waals surface area contributed by atoms with Crippen LogP contribution in [0.5, 0.6) is 5.75 Å². The number of carbonyl (C=O) groups excluding carboxylic acids is 2. The minimum absolute atomic E-state index is 0.00231. The number of amides is 2. The Morgan fingerprint density at radius 3 is 2.52 bits per heavy atom. The fourth-order valence-corrected chi connectivity index (χ4v) is 4.47. The van der Waals surface area contributed by atoms with Crippen molar-refractivity contribution in [3.63, 3.8) is 0 Å². The van der Waals surface area contributed by atoms with Gasteiger partial charge < -0.3 is 24.6 Å². The highest BCUT2D eigenvalue weighted by atomic mass is 16.5. The van der Waals surface area contributed by atoms with Gasteiger partial charge in [0.2, 0.25) is 5.91 Å². The van der Waals surface area contributed by atoms with E-state index in [1.54, 1.807) is 48.1 Å². The van der Waals surface area contributed by atoms with Gasteiger partial charge in [0.05, 0.1) is 13.5 Å². The van der Waals surface area contributed by atoms with E-state index in [-0.39, 0.29) is 42.0 Å². The van der Waals surface area contributed by atoms with E-state index < -0.39 is 11.9 Å². The van der Waals surface area contributed by atoms with E-state index in [4.69, 9.17) is 9.84 Å². The molecule has 0 spiro atoms. The Labute approximate surface area is 178 Å². The third-order valence-corrected chi connectivity index (χ3v) is 5.87. The molecule has 0 aliphatic carbocycles. The first-order valence-corrected chi connectivity index (χ1v) is 10.0. The van der Waals surface area contributed by atoms with Crippen LogP contribution in [0.2, 0.25) is 0 Å². The van der Waals surface area contributed by atoms with Crippen molar-refractivity contribution >= 4 is 23.5 Å². The van der Waals surface area contributed by atoms with Crippen LogP contribution in [0.3, 0.4) is 0 Å². The topological polar surface area (TPSA) is 118 Å². The SMILES string of the molecule is COc1ccc(CC(=O)Nc2ccc3n(c2=O)C[C@H]2C[C@@H]3CN(C(=O)C(=O)O)C2)cc1. The second-order valence-corrected chi connectivity index (χ2v) is 7.97. The number of rotatable bonds is 4. The summed E-state index contributed by atoms with van der Waals surface area (Å²) in [5, 5.41) is 11.7. The number of anilines is 1. The number of pyridine rings is 1. The fraction of sp³-hybridized carbons (Fsp3) is 0.364. The van der Waals surface area contributed by atoms with Gasteiger partial charge in [-0.25, -0.2) is 4.79 Å². The van der Waals surface area contributed by atoms with Crippen LogP contribution in [0, 0.1) is 5.92 Å². The lowest BCUT2D eigenvalue weighted by atomic mass is 9.83. The monoisotopic (exact) mass is 425 g/mol. The van der Waals surface area contributed by atoms with Gasteiger partial charge in [0.1, 0.15) is 11.4 Å². The minimum atomic E-state index is -1.47. The van der Waals surface area contributed by atoms with Crippen molar-refractivity contribution in [1.82, 2.24) is 9.47 Å². The number of likely N-dealkylation sites (tertiary alicyclic amines) is 1. The molecular weight excluding hydrogens is 402 g/mol. The maximum absolute atomic E-state index is 13.0. The molecule has 0 radical (unpaired) electrons. The highest BCUT2D eigenvalue weighted by Crippen LogP contribution is 2.35. The number of hydrogen-bond donors (Lipinski definition) is 2. The third kappa shape index (κ3) is 4.16. The molecule has 1 aromatic heterocycles. The van der Waals surface area contributed by atoms with E-state index in [9.17, 15) is 19.2 Å². The van der Waals surface area contributed by atoms with Crippen LogP contribution in [0.4, 0.5) is 5.69 Å². The maximum Gasteiger partial charge on any atom is 0.394 e. The first kappa shape index (κ1) is 20.6. The number of aliphatic carboxylic acids is 1. The van der Waals surface area contributed by atoms with E-state index in [1.807, 2.05) is 0 Å². The van der Waals surface area contributed by atoms with Crippen LogP contribution in [0.1, 0.15) is 23.6 Å². The Morgan fingerprint density at radius 2 is 1.84 bits per heavy atom. The molecule has 1 fully saturated rings. The van der Waals surface area contributed by atoms with Crippen LogP contribution in [-0.4, -0.2) is 52.6 Å². The standard InChI is InChI=1S/C22H23N3O6/c1-31-16-4-2-13(3-5-16)9-19(26)23-17-6-7-18-15-8-14(11-25(18)20(17)27)10-24(12-15)21(28)22(29)30/h2-7,14-15H,8-12H2,1H3,(H,23,26)(H,29,30)/t14-,15+/m0/s1. The summed E-state index contributed by atoms with van der Waals surface area (Å²) in [7, 11) is 1.57. The molecule has 2 aliphatic rings. The lowest BCUT2D eigenvalue weighted by molar-refractivity contribution is -0.157. The predicted octanol–water partition coefficient (Wildman–Crippen LogP) is 1.07. The molecular formula is C22H23N3O6. The van der Waals surface area contributed by atoms with Crippen molar-refractivity contribution in [3.05, 3.63) is 58.0 Å². The zero-order valence-corrected chi connectivity index (χ0v) is 17.0. The molecule has 9 heteroatoms. The number of carbonyl (C=O) groups is 3. The molecule has 162 valence electrons. The van der Waals surface area contributed by atoms with Gasteiger partial charge in [-0.2, -0.15) is 0 Å². The van der Waals surface area contributed by atoms with Crippen LogP contribution >= 0.6 is 0 Å². The lowest BCUT2D eigenvalue weighted by Crippen LogP contribution is -2.51. The smallest absolute Gasteiger partial charge is 0.394 e. The number of fused-ring (bicyclic) bond motifs is 4. The number of nitrogens with one attached hydrogen (secondary N) is 1. The quantitative estimate of drug-likeness (QED) is 0.708. The number of carboxylic acid groups (broad SMARTS) is 1. The predicted molar refractivity (Wildman–Crippen MR) is 111 cm³/mol. The summed E-state index contributed by atoms with van der Waals surface area (Å²) < 4.78 is 6.75. The van der Waals surface area contributed by atoms with Crippen molar-refractivity contribution in [2.45, 2.75) is 25.3 Å². The van der Waals surface area contributed by atoms with Crippen LogP contribution < -0.4 is 15.6 Å². The number of carboxylic acids is 1. The second kappa shape index (κ2) is 8.25. The van der Waals surface area contributed by atoms with Crippen LogP contribution in [0.15, 0.2) is 41.2 Å². The molecule has 0 unspecified atom stereocenters. The molecule has 2 aromatic rings. The number of aromatic nitrogens is 1. The van der Waals surface area contributed by atoms with E-state index >= 15 is 0 Å². The molecule has 31 heavy (non-hydrogen) atoms. The third-order valence-electron chi connectivity index (χ3n) is 5.87. The van der Waals surface area contributed by atoms with Crippen LogP contribution in [-0.2, 0) is 27.3 Å². The summed E-state index contributed by atoms with van der Waals surface area (Å²) in [5.74, 6) is -2.08. The van der Waals surface area contributed by atoms with Crippen molar-refractivity contribution < 1.29 is 24.2 Å². The lowest BCUT2D eigenvalue weighted by Gasteiger charge is -2.42. The Bertz CT molecular complexity index is 1090. The minimum Gasteiger partial charge on any atom is -0.497 e. The van der Waals surface area contributed by atoms with Crippen molar-refractivity contribution in [3.8, 4) is 5.75 Å². The number of hydrogen-bond acceptors (Lipinski definition) is 5. The van der Waals surface area contributed by atoms with E-state index in [0.717, 1.165) is 17.7 Å². The molecule has 2 atom stereocenters. The van der Waals surface area contributed by atoms with E-state index in [0.29, 0.717) is 18.8 Å². The van der Waals surface area contributed by atoms with Crippen molar-refractivity contribution in [1.29, 1.82) is 0 Å². The Morgan fingerprint density at radius 1 is 1.10 bits per heavy atom. The number of piperidine rings is 1. The normalized spacial score (nSPS) is 19.3. The first-order chi connectivity index (χ1) is 14.9. The summed E-state index contributed by atoms with van der Waals surface area (Å²) in [6.07, 6.45) is 0.925. The molecule has 1 saturated heterocycles. The number of ether oxygens (including phenoxy) is 1. The van der Waals surface area contributed by atoms with E-state index in [2.05, 4.69) is 5.32 Å². The molecule has 0 saturated carbocycles. The average Bonchev–Trinajstić information content (AvgIpc) is 2.75. The van der Waals surface area contributed by atoms with Crippen LogP contribution in [0.25, 0.3) is 0 Å². The van der Waals surface area contributed by atoms with Crippen molar-refractivity contribution in [2.75, 3.05) is 25.5 Å². The molecule has 2 bridgehead atoms. The zero-order chi connectivity index (χ0) is 22.1. The van der Waals surface area contributed by atoms with Gasteiger partial charge >= 0.3 is 11.9 Å². The summed E-state index contributed by atoms with van der Waals surface area (Å²) in [4.78, 5) is 49.7. The summed E-state index contributed by atoms with van der Waals surface area (Å²) in [6.45, 7) is 0.960.